The molecule has 0 bridgehead atoms. The van der Waals surface area contributed by atoms with Crippen LogP contribution >= 0.6 is 0 Å². The summed E-state index contributed by atoms with van der Waals surface area (Å²) in [5, 5.41) is 42.5. The van der Waals surface area contributed by atoms with E-state index in [0.717, 1.165) is 19.3 Å². The minimum absolute atomic E-state index is 0.149. The number of rotatable bonds is 4. The molecule has 11 nitrogen and oxygen atoms in total. The summed E-state index contributed by atoms with van der Waals surface area (Å²) in [5.41, 5.74) is 6.63. The molecule has 26 heavy (non-hydrogen) atoms. The van der Waals surface area contributed by atoms with E-state index in [0.29, 0.717) is 11.2 Å². The van der Waals surface area contributed by atoms with Gasteiger partial charge in [-0.2, -0.15) is 9.97 Å². The van der Waals surface area contributed by atoms with E-state index in [1.165, 1.54) is 10.9 Å². The molecule has 2 aromatic rings. The highest BCUT2D eigenvalue weighted by atomic mass is 16.6. The van der Waals surface area contributed by atoms with Crippen LogP contribution < -0.4 is 11.1 Å². The first-order valence-electron chi connectivity index (χ1n) is 8.56. The Hall–Kier alpha value is -2.05. The Morgan fingerprint density at radius 1 is 1.23 bits per heavy atom. The third-order valence-corrected chi connectivity index (χ3v) is 5.03. The molecule has 2 aliphatic rings. The molecule has 1 aliphatic heterocycles. The number of aliphatic hydroxyl groups excluding tert-OH is 4. The molecule has 142 valence electrons. The molecule has 1 saturated carbocycles. The van der Waals surface area contributed by atoms with Gasteiger partial charge in [0.15, 0.2) is 17.7 Å². The van der Waals surface area contributed by atoms with E-state index in [1.807, 2.05) is 0 Å². The lowest BCUT2D eigenvalue weighted by molar-refractivity contribution is -0.0511. The second kappa shape index (κ2) is 6.59. The number of anilines is 2. The molecule has 2 aromatic heterocycles. The Morgan fingerprint density at radius 2 is 2.04 bits per heavy atom. The van der Waals surface area contributed by atoms with E-state index < -0.39 is 37.3 Å². The van der Waals surface area contributed by atoms with Crippen molar-refractivity contribution in [2.24, 2.45) is 0 Å². The highest BCUT2D eigenvalue weighted by molar-refractivity contribution is 5.83. The Bertz CT molecular complexity index is 800. The van der Waals surface area contributed by atoms with Crippen molar-refractivity contribution in [3.63, 3.8) is 0 Å². The number of aliphatic hydroxyl groups is 4. The number of imidazole rings is 1. The summed E-state index contributed by atoms with van der Waals surface area (Å²) in [5.74, 6) is 0.393. The van der Waals surface area contributed by atoms with E-state index >= 15 is 0 Å². The quantitative estimate of drug-likeness (QED) is 0.368. The molecule has 0 unspecified atom stereocenters. The van der Waals surface area contributed by atoms with E-state index in [4.69, 9.17) is 10.5 Å². The van der Waals surface area contributed by atoms with Gasteiger partial charge in [0.1, 0.15) is 23.8 Å². The van der Waals surface area contributed by atoms with Gasteiger partial charge in [-0.15, -0.1) is 0 Å². The van der Waals surface area contributed by atoms with Crippen molar-refractivity contribution in [3.8, 4) is 0 Å². The average Bonchev–Trinajstić information content (AvgIpc) is 3.28. The number of hydrogen-bond acceptors (Lipinski definition) is 10. The first-order chi connectivity index (χ1) is 12.5. The van der Waals surface area contributed by atoms with Crippen molar-refractivity contribution in [2.75, 3.05) is 17.7 Å². The summed E-state index contributed by atoms with van der Waals surface area (Å²) in [6, 6.07) is -0.155. The normalized spacial score (nSPS) is 34.6. The van der Waals surface area contributed by atoms with Crippen molar-refractivity contribution in [3.05, 3.63) is 6.33 Å². The molecule has 7 N–H and O–H groups in total. The number of fused-ring (bicyclic) bond motifs is 1. The van der Waals surface area contributed by atoms with Gasteiger partial charge >= 0.3 is 0 Å². The van der Waals surface area contributed by atoms with Gasteiger partial charge in [-0.3, -0.25) is 4.57 Å². The largest absolute Gasteiger partial charge is 0.394 e. The van der Waals surface area contributed by atoms with Crippen LogP contribution in [0.2, 0.25) is 0 Å². The van der Waals surface area contributed by atoms with Gasteiger partial charge in [0.25, 0.3) is 0 Å². The molecule has 4 rings (SSSR count). The van der Waals surface area contributed by atoms with Crippen molar-refractivity contribution >= 4 is 22.9 Å². The van der Waals surface area contributed by atoms with Crippen LogP contribution in [-0.4, -0.2) is 77.0 Å². The Kier molecular flexibility index (Phi) is 4.40. The molecule has 0 spiro atoms. The lowest BCUT2D eigenvalue weighted by Crippen LogP contribution is -2.33. The first-order valence-corrected chi connectivity index (χ1v) is 8.56. The van der Waals surface area contributed by atoms with Crippen LogP contribution in [0.25, 0.3) is 11.2 Å². The van der Waals surface area contributed by atoms with Crippen LogP contribution in [0.3, 0.4) is 0 Å². The van der Waals surface area contributed by atoms with Gasteiger partial charge < -0.3 is 36.2 Å². The number of ether oxygens (including phenoxy) is 1. The van der Waals surface area contributed by atoms with Gasteiger partial charge in [-0.05, 0) is 19.3 Å². The molecule has 11 heteroatoms. The maximum atomic E-state index is 10.2. The van der Waals surface area contributed by atoms with Crippen LogP contribution in [0.4, 0.5) is 11.8 Å². The summed E-state index contributed by atoms with van der Waals surface area (Å²) in [6.45, 7) is -0.426. The summed E-state index contributed by atoms with van der Waals surface area (Å²) >= 11 is 0. The fourth-order valence-corrected chi connectivity index (χ4v) is 3.57. The number of aromatic nitrogens is 4. The maximum absolute atomic E-state index is 10.2. The van der Waals surface area contributed by atoms with E-state index in [-0.39, 0.29) is 17.8 Å². The number of hydrogen-bond donors (Lipinski definition) is 6. The molecule has 6 atom stereocenters. The zero-order valence-electron chi connectivity index (χ0n) is 13.9. The molecule has 1 aliphatic carbocycles. The highest BCUT2D eigenvalue weighted by Crippen LogP contribution is 2.32. The summed E-state index contributed by atoms with van der Waals surface area (Å²) in [4.78, 5) is 12.7. The van der Waals surface area contributed by atoms with Crippen LogP contribution in [0.5, 0.6) is 0 Å². The Balaban J connectivity index is 1.68. The molecule has 2 fully saturated rings. The smallest absolute Gasteiger partial charge is 0.227 e. The minimum Gasteiger partial charge on any atom is -0.394 e. The van der Waals surface area contributed by atoms with Crippen molar-refractivity contribution < 1.29 is 25.2 Å². The highest BCUT2D eigenvalue weighted by Gasteiger charge is 2.44. The van der Waals surface area contributed by atoms with Gasteiger partial charge in [0, 0.05) is 0 Å². The van der Waals surface area contributed by atoms with Crippen molar-refractivity contribution in [1.82, 2.24) is 19.5 Å². The summed E-state index contributed by atoms with van der Waals surface area (Å²) in [6.07, 6.45) is -1.000. The second-order valence-corrected chi connectivity index (χ2v) is 6.73. The SMILES string of the molecule is Nc1nc(N[C@@H]2CCC[C@H]2O)nc2c1ncn2[C@@H]1O[C@H](CO)[C@@H](O)[C@H]1O. The van der Waals surface area contributed by atoms with Crippen LogP contribution in [0.1, 0.15) is 25.5 Å². The van der Waals surface area contributed by atoms with Gasteiger partial charge in [0.05, 0.1) is 25.1 Å². The van der Waals surface area contributed by atoms with Gasteiger partial charge in [-0.1, -0.05) is 0 Å². The molecular formula is C15H22N6O5. The fourth-order valence-electron chi connectivity index (χ4n) is 3.57. The van der Waals surface area contributed by atoms with Gasteiger partial charge in [-0.25, -0.2) is 4.98 Å². The zero-order chi connectivity index (χ0) is 18.4. The first kappa shape index (κ1) is 17.4. The zero-order valence-corrected chi connectivity index (χ0v) is 13.9. The average molecular weight is 366 g/mol. The van der Waals surface area contributed by atoms with Crippen LogP contribution in [-0.2, 0) is 4.74 Å². The molecule has 1 saturated heterocycles. The number of nitrogens with zero attached hydrogens (tertiary/aromatic N) is 4. The number of nitrogen functional groups attached to an aromatic ring is 1. The second-order valence-electron chi connectivity index (χ2n) is 6.73. The van der Waals surface area contributed by atoms with Crippen molar-refractivity contribution in [1.29, 1.82) is 0 Å². The molecular weight excluding hydrogens is 344 g/mol. The lowest BCUT2D eigenvalue weighted by Gasteiger charge is -2.18. The van der Waals surface area contributed by atoms with Gasteiger partial charge in [0.2, 0.25) is 5.95 Å². The molecule has 0 aromatic carbocycles. The monoisotopic (exact) mass is 366 g/mol. The summed E-state index contributed by atoms with van der Waals surface area (Å²) in [7, 11) is 0. The van der Waals surface area contributed by atoms with Crippen LogP contribution in [0.15, 0.2) is 6.33 Å². The van der Waals surface area contributed by atoms with Crippen LogP contribution in [0, 0.1) is 0 Å². The minimum atomic E-state index is -1.26. The van der Waals surface area contributed by atoms with E-state index in [9.17, 15) is 20.4 Å². The molecule has 0 radical (unpaired) electrons. The predicted octanol–water partition coefficient (Wildman–Crippen LogP) is -1.65. The molecule has 0 amide bonds. The standard InChI is InChI=1S/C15H22N6O5/c16-12-9-13(20-15(19-12)18-6-2-1-3-7(6)23)21(5-17-9)14-11(25)10(24)8(4-22)26-14/h5-8,10-11,14,22-25H,1-4H2,(H3,16,18,19,20)/t6-,7-,8-,10-,11-,14-/m1/s1. The Morgan fingerprint density at radius 3 is 2.69 bits per heavy atom. The number of nitrogens with one attached hydrogen (secondary N) is 1. The molecule has 3 heterocycles. The summed E-state index contributed by atoms with van der Waals surface area (Å²) < 4.78 is 6.98. The van der Waals surface area contributed by atoms with E-state index in [2.05, 4.69) is 20.3 Å². The third kappa shape index (κ3) is 2.77. The van der Waals surface area contributed by atoms with Crippen molar-refractivity contribution in [2.45, 2.75) is 55.9 Å². The third-order valence-electron chi connectivity index (χ3n) is 5.03. The number of nitrogens with two attached hydrogens (primary N) is 1. The lowest BCUT2D eigenvalue weighted by atomic mass is 10.1. The Labute approximate surface area is 148 Å². The fraction of sp³-hybridized carbons (Fsp3) is 0.667. The maximum Gasteiger partial charge on any atom is 0.227 e. The predicted molar refractivity (Wildman–Crippen MR) is 90.0 cm³/mol. The topological polar surface area (TPSA) is 172 Å². The van der Waals surface area contributed by atoms with E-state index in [1.54, 1.807) is 0 Å².